The first kappa shape index (κ1) is 30.3. The third kappa shape index (κ3) is 6.91. The first-order chi connectivity index (χ1) is 20.8. The van der Waals surface area contributed by atoms with E-state index in [0.717, 1.165) is 26.9 Å². The van der Waals surface area contributed by atoms with E-state index in [0.29, 0.717) is 34.5 Å². The smallest absolute Gasteiger partial charge is 0.253 e. The van der Waals surface area contributed by atoms with E-state index in [4.69, 9.17) is 14.6 Å². The highest BCUT2D eigenvalue weighted by molar-refractivity contribution is 9.10. The minimum absolute atomic E-state index is 0.128. The summed E-state index contributed by atoms with van der Waals surface area (Å²) < 4.78 is 13.3. The molecule has 4 aromatic rings. The molecule has 10 nitrogen and oxygen atoms in total. The predicted octanol–water partition coefficient (Wildman–Crippen LogP) is 5.30. The second kappa shape index (κ2) is 13.4. The number of hydrogen-bond acceptors (Lipinski definition) is 8. The van der Waals surface area contributed by atoms with Crippen LogP contribution in [0, 0.1) is 6.92 Å². The monoisotopic (exact) mass is 662 g/mol. The second-order valence-electron chi connectivity index (χ2n) is 9.92. The van der Waals surface area contributed by atoms with Gasteiger partial charge in [0.2, 0.25) is 0 Å². The maximum absolute atomic E-state index is 13.5. The summed E-state index contributed by atoms with van der Waals surface area (Å²) in [5, 5.41) is 18.3. The van der Waals surface area contributed by atoms with Crippen molar-refractivity contribution < 1.29 is 19.1 Å². The predicted molar refractivity (Wildman–Crippen MR) is 169 cm³/mol. The van der Waals surface area contributed by atoms with Crippen LogP contribution in [-0.4, -0.2) is 57.3 Å². The van der Waals surface area contributed by atoms with Gasteiger partial charge in [-0.15, -0.1) is 10.2 Å². The van der Waals surface area contributed by atoms with Crippen molar-refractivity contribution in [2.45, 2.75) is 31.1 Å². The van der Waals surface area contributed by atoms with Gasteiger partial charge in [0.25, 0.3) is 11.8 Å². The summed E-state index contributed by atoms with van der Waals surface area (Å²) in [6.45, 7) is 2.20. The van der Waals surface area contributed by atoms with Crippen molar-refractivity contribution in [1.29, 1.82) is 0 Å². The third-order valence-electron chi connectivity index (χ3n) is 7.11. The number of hydrogen-bond donors (Lipinski definition) is 1. The Labute approximate surface area is 262 Å². The first-order valence-corrected chi connectivity index (χ1v) is 15.3. The average Bonchev–Trinajstić information content (AvgIpc) is 3.62. The molecule has 2 amide bonds. The molecule has 0 radical (unpaired) electrons. The van der Waals surface area contributed by atoms with Gasteiger partial charge in [-0.3, -0.25) is 9.59 Å². The van der Waals surface area contributed by atoms with E-state index in [-0.39, 0.29) is 30.2 Å². The van der Waals surface area contributed by atoms with Crippen LogP contribution in [0.3, 0.4) is 0 Å². The number of nitrogens with one attached hydrogen (secondary N) is 1. The number of thioether (sulfide) groups is 1. The van der Waals surface area contributed by atoms with Gasteiger partial charge in [0.15, 0.2) is 22.5 Å². The van der Waals surface area contributed by atoms with E-state index in [2.05, 4.69) is 55.7 Å². The summed E-state index contributed by atoms with van der Waals surface area (Å²) in [5.74, 6) is 1.27. The van der Waals surface area contributed by atoms with Crippen molar-refractivity contribution in [2.75, 3.05) is 20.0 Å². The standard InChI is InChI=1S/C31H31BrN6O4S/c1-19-5-7-21(8-6-19)25-16-24(20-9-12-23(32)13-10-20)36-38(25)29(39)18-43-31-35-34-28(37(31)2)17-33-30(40)22-11-14-26(41-3)27(15-22)42-4/h5-15,25H,16-18H2,1-4H3,(H,33,40)/t25-/m1/s1. The lowest BCUT2D eigenvalue weighted by Crippen LogP contribution is -2.28. The molecule has 0 unspecified atom stereocenters. The van der Waals surface area contributed by atoms with Crippen LogP contribution in [0.15, 0.2) is 81.5 Å². The molecule has 5 rings (SSSR count). The molecule has 0 saturated carbocycles. The fourth-order valence-electron chi connectivity index (χ4n) is 4.66. The summed E-state index contributed by atoms with van der Waals surface area (Å²) in [7, 11) is 4.86. The summed E-state index contributed by atoms with van der Waals surface area (Å²) in [5.41, 5.74) is 4.46. The van der Waals surface area contributed by atoms with Crippen LogP contribution in [0.1, 0.15) is 45.3 Å². The largest absolute Gasteiger partial charge is 0.493 e. The number of aromatic nitrogens is 3. The van der Waals surface area contributed by atoms with Crippen LogP contribution >= 0.6 is 27.7 Å². The van der Waals surface area contributed by atoms with Gasteiger partial charge in [-0.1, -0.05) is 69.7 Å². The van der Waals surface area contributed by atoms with Crippen LogP contribution in [-0.2, 0) is 18.4 Å². The first-order valence-electron chi connectivity index (χ1n) is 13.5. The molecular weight excluding hydrogens is 632 g/mol. The Bertz CT molecular complexity index is 1660. The molecule has 0 fully saturated rings. The number of benzene rings is 3. The zero-order valence-corrected chi connectivity index (χ0v) is 26.6. The Hall–Kier alpha value is -4.16. The van der Waals surface area contributed by atoms with Crippen molar-refractivity contribution in [3.05, 3.63) is 99.3 Å². The minimum Gasteiger partial charge on any atom is -0.493 e. The Morgan fingerprint density at radius 1 is 1.00 bits per heavy atom. The maximum atomic E-state index is 13.5. The molecule has 0 aliphatic carbocycles. The van der Waals surface area contributed by atoms with Gasteiger partial charge in [-0.25, -0.2) is 5.01 Å². The zero-order valence-electron chi connectivity index (χ0n) is 24.2. The van der Waals surface area contributed by atoms with Gasteiger partial charge in [0.1, 0.15) is 0 Å². The number of methoxy groups -OCH3 is 2. The zero-order chi connectivity index (χ0) is 30.5. The van der Waals surface area contributed by atoms with Gasteiger partial charge < -0.3 is 19.4 Å². The summed E-state index contributed by atoms with van der Waals surface area (Å²) in [6, 6.07) is 20.9. The number of nitrogens with zero attached hydrogens (tertiary/aromatic N) is 5. The number of carbonyl (C=O) groups is 2. The quantitative estimate of drug-likeness (QED) is 0.229. The molecule has 222 valence electrons. The van der Waals surface area contributed by atoms with Crippen LogP contribution in [0.2, 0.25) is 0 Å². The van der Waals surface area contributed by atoms with Crippen molar-refractivity contribution in [3.63, 3.8) is 0 Å². The average molecular weight is 664 g/mol. The molecular formula is C31H31BrN6O4S. The number of ether oxygens (including phenoxy) is 2. The van der Waals surface area contributed by atoms with E-state index in [1.165, 1.54) is 26.0 Å². The van der Waals surface area contributed by atoms with Crippen LogP contribution in [0.4, 0.5) is 0 Å². The number of aryl methyl sites for hydroxylation is 1. The molecule has 1 aliphatic rings. The van der Waals surface area contributed by atoms with Gasteiger partial charge in [-0.2, -0.15) is 5.10 Å². The van der Waals surface area contributed by atoms with Gasteiger partial charge >= 0.3 is 0 Å². The van der Waals surface area contributed by atoms with Crippen molar-refractivity contribution in [2.24, 2.45) is 12.1 Å². The summed E-state index contributed by atoms with van der Waals surface area (Å²) >= 11 is 4.76. The van der Waals surface area contributed by atoms with Crippen LogP contribution in [0.5, 0.6) is 11.5 Å². The molecule has 43 heavy (non-hydrogen) atoms. The van der Waals surface area contributed by atoms with Crippen molar-refractivity contribution in [3.8, 4) is 11.5 Å². The number of halogens is 1. The highest BCUT2D eigenvalue weighted by atomic mass is 79.9. The molecule has 0 saturated heterocycles. The highest BCUT2D eigenvalue weighted by Gasteiger charge is 2.33. The molecule has 12 heteroatoms. The SMILES string of the molecule is COc1ccc(C(=O)NCc2nnc(SCC(=O)N3N=C(c4ccc(Br)cc4)C[C@@H]3c3ccc(C)cc3)n2C)cc1OC. The molecule has 3 aromatic carbocycles. The lowest BCUT2D eigenvalue weighted by Gasteiger charge is -2.22. The summed E-state index contributed by atoms with van der Waals surface area (Å²) in [6.07, 6.45) is 0.620. The van der Waals surface area contributed by atoms with Crippen LogP contribution in [0.25, 0.3) is 0 Å². The number of rotatable bonds is 10. The Morgan fingerprint density at radius 3 is 2.42 bits per heavy atom. The molecule has 0 bridgehead atoms. The second-order valence-corrected chi connectivity index (χ2v) is 11.8. The Kier molecular flexibility index (Phi) is 9.46. The van der Waals surface area contributed by atoms with E-state index < -0.39 is 0 Å². The lowest BCUT2D eigenvalue weighted by atomic mass is 9.98. The van der Waals surface area contributed by atoms with Crippen molar-refractivity contribution in [1.82, 2.24) is 25.1 Å². The number of amides is 2. The molecule has 1 aliphatic heterocycles. The minimum atomic E-state index is -0.288. The number of carbonyl (C=O) groups excluding carboxylic acids is 2. The Morgan fingerprint density at radius 2 is 1.72 bits per heavy atom. The number of hydrazone groups is 1. The molecule has 1 atom stereocenters. The fraction of sp³-hybridized carbons (Fsp3) is 0.258. The van der Waals surface area contributed by atoms with Crippen LogP contribution < -0.4 is 14.8 Å². The molecule has 1 aromatic heterocycles. The molecule has 0 spiro atoms. The van der Waals surface area contributed by atoms with E-state index in [1.54, 1.807) is 34.8 Å². The third-order valence-corrected chi connectivity index (χ3v) is 8.64. The van der Waals surface area contributed by atoms with E-state index in [9.17, 15) is 9.59 Å². The van der Waals surface area contributed by atoms with E-state index in [1.807, 2.05) is 31.2 Å². The van der Waals surface area contributed by atoms with Crippen molar-refractivity contribution >= 4 is 45.2 Å². The lowest BCUT2D eigenvalue weighted by molar-refractivity contribution is -0.130. The Balaban J connectivity index is 1.25. The van der Waals surface area contributed by atoms with Gasteiger partial charge in [-0.05, 0) is 48.4 Å². The normalized spacial score (nSPS) is 14.4. The highest BCUT2D eigenvalue weighted by Crippen LogP contribution is 2.34. The molecule has 2 heterocycles. The topological polar surface area (TPSA) is 111 Å². The van der Waals surface area contributed by atoms with Gasteiger partial charge in [0, 0.05) is 23.5 Å². The van der Waals surface area contributed by atoms with E-state index >= 15 is 0 Å². The maximum Gasteiger partial charge on any atom is 0.253 e. The molecule has 1 N–H and O–H groups in total. The summed E-state index contributed by atoms with van der Waals surface area (Å²) in [4.78, 5) is 26.3. The fourth-order valence-corrected chi connectivity index (χ4v) is 5.71. The van der Waals surface area contributed by atoms with Gasteiger partial charge in [0.05, 0.1) is 38.3 Å².